The first-order valence-corrected chi connectivity index (χ1v) is 5.94. The molecule has 1 N–H and O–H groups in total. The van der Waals surface area contributed by atoms with Crippen LogP contribution in [0.2, 0.25) is 0 Å². The van der Waals surface area contributed by atoms with Gasteiger partial charge in [-0.3, -0.25) is 0 Å². The quantitative estimate of drug-likeness (QED) is 0.835. The monoisotopic (exact) mass is 232 g/mol. The summed E-state index contributed by atoms with van der Waals surface area (Å²) in [6.07, 6.45) is 0.997. The first-order chi connectivity index (χ1) is 6.90. The van der Waals surface area contributed by atoms with E-state index in [2.05, 4.69) is 0 Å². The predicted molar refractivity (Wildman–Crippen MR) is 54.3 cm³/mol. The van der Waals surface area contributed by atoms with Crippen LogP contribution >= 0.6 is 0 Å². The van der Waals surface area contributed by atoms with E-state index in [1.165, 1.54) is 26.4 Å². The highest BCUT2D eigenvalue weighted by atomic mass is 32.2. The highest BCUT2D eigenvalue weighted by Crippen LogP contribution is 2.36. The molecule has 0 aliphatic rings. The molecule has 5 nitrogen and oxygen atoms in total. The van der Waals surface area contributed by atoms with E-state index in [0.29, 0.717) is 5.75 Å². The van der Waals surface area contributed by atoms with Gasteiger partial charge in [-0.2, -0.15) is 0 Å². The summed E-state index contributed by atoms with van der Waals surface area (Å²) in [6.45, 7) is 0. The van der Waals surface area contributed by atoms with Crippen molar-refractivity contribution < 1.29 is 23.0 Å². The van der Waals surface area contributed by atoms with E-state index >= 15 is 0 Å². The summed E-state index contributed by atoms with van der Waals surface area (Å²) in [5.41, 5.74) is 0. The molecule has 0 saturated carbocycles. The number of rotatable bonds is 3. The van der Waals surface area contributed by atoms with E-state index in [1.807, 2.05) is 0 Å². The molecule has 0 spiro atoms. The lowest BCUT2D eigenvalue weighted by Crippen LogP contribution is -2.01. The van der Waals surface area contributed by atoms with E-state index in [1.54, 1.807) is 0 Å². The Morgan fingerprint density at radius 1 is 1.20 bits per heavy atom. The minimum Gasteiger partial charge on any atom is -0.506 e. The van der Waals surface area contributed by atoms with Crippen LogP contribution in [-0.2, 0) is 9.84 Å². The van der Waals surface area contributed by atoms with Gasteiger partial charge in [-0.1, -0.05) is 0 Å². The molecule has 15 heavy (non-hydrogen) atoms. The van der Waals surface area contributed by atoms with Gasteiger partial charge in [-0.05, 0) is 0 Å². The number of phenolic OH excluding ortho intramolecular Hbond substituents is 1. The van der Waals surface area contributed by atoms with Gasteiger partial charge >= 0.3 is 0 Å². The minimum absolute atomic E-state index is 0.0642. The van der Waals surface area contributed by atoms with Crippen molar-refractivity contribution in [3.05, 3.63) is 12.1 Å². The fourth-order valence-electron chi connectivity index (χ4n) is 1.21. The fraction of sp³-hybridized carbons (Fsp3) is 0.333. The van der Waals surface area contributed by atoms with Crippen LogP contribution in [0.4, 0.5) is 0 Å². The van der Waals surface area contributed by atoms with Crippen molar-refractivity contribution in [3.8, 4) is 17.2 Å². The summed E-state index contributed by atoms with van der Waals surface area (Å²) < 4.78 is 32.5. The van der Waals surface area contributed by atoms with Crippen LogP contribution in [0, 0.1) is 0 Å². The van der Waals surface area contributed by atoms with Gasteiger partial charge < -0.3 is 14.6 Å². The number of methoxy groups -OCH3 is 2. The van der Waals surface area contributed by atoms with Crippen molar-refractivity contribution in [3.63, 3.8) is 0 Å². The molecule has 0 radical (unpaired) electrons. The highest BCUT2D eigenvalue weighted by Gasteiger charge is 2.20. The Hall–Kier alpha value is -1.43. The van der Waals surface area contributed by atoms with Crippen LogP contribution in [0.25, 0.3) is 0 Å². The Kier molecular flexibility index (Phi) is 3.09. The summed E-state index contributed by atoms with van der Waals surface area (Å²) in [4.78, 5) is -0.231. The second-order valence-corrected chi connectivity index (χ2v) is 4.90. The molecular weight excluding hydrogens is 220 g/mol. The van der Waals surface area contributed by atoms with Gasteiger partial charge in [0.15, 0.2) is 14.7 Å². The summed E-state index contributed by atoms with van der Waals surface area (Å²) in [5, 5.41) is 9.53. The number of hydrogen-bond acceptors (Lipinski definition) is 5. The predicted octanol–water partition coefficient (Wildman–Crippen LogP) is 0.813. The van der Waals surface area contributed by atoms with Crippen LogP contribution in [0.15, 0.2) is 17.0 Å². The van der Waals surface area contributed by atoms with Gasteiger partial charge in [-0.15, -0.1) is 0 Å². The number of hydrogen-bond donors (Lipinski definition) is 1. The number of phenols is 1. The lowest BCUT2D eigenvalue weighted by atomic mass is 10.3. The molecular formula is C9H12O5S. The fourth-order valence-corrected chi connectivity index (χ4v) is 2.15. The summed E-state index contributed by atoms with van der Waals surface area (Å²) >= 11 is 0. The van der Waals surface area contributed by atoms with Crippen LogP contribution in [0.1, 0.15) is 0 Å². The summed E-state index contributed by atoms with van der Waals surface area (Å²) in [5.74, 6) is 0.0137. The average Bonchev–Trinajstić information content (AvgIpc) is 2.14. The molecule has 0 atom stereocenters. The second-order valence-electron chi connectivity index (χ2n) is 2.95. The molecule has 1 aromatic carbocycles. The third-order valence-electron chi connectivity index (χ3n) is 1.84. The van der Waals surface area contributed by atoms with Crippen LogP contribution in [0.5, 0.6) is 17.2 Å². The SMILES string of the molecule is COc1cc(O)c(S(C)(=O)=O)c(OC)c1. The van der Waals surface area contributed by atoms with Crippen molar-refractivity contribution in [1.82, 2.24) is 0 Å². The Morgan fingerprint density at radius 2 is 1.80 bits per heavy atom. The number of benzene rings is 1. The zero-order chi connectivity index (χ0) is 11.6. The molecule has 0 aliphatic heterocycles. The second kappa shape index (κ2) is 3.98. The Labute approximate surface area is 88.2 Å². The molecule has 1 rings (SSSR count). The van der Waals surface area contributed by atoms with E-state index in [4.69, 9.17) is 9.47 Å². The maximum absolute atomic E-state index is 11.4. The van der Waals surface area contributed by atoms with Crippen LogP contribution < -0.4 is 9.47 Å². The van der Waals surface area contributed by atoms with Gasteiger partial charge in [0.1, 0.15) is 17.2 Å². The van der Waals surface area contributed by atoms with Crippen LogP contribution in [-0.4, -0.2) is 34.0 Å². The largest absolute Gasteiger partial charge is 0.506 e. The van der Waals surface area contributed by atoms with Crippen molar-refractivity contribution >= 4 is 9.84 Å². The normalized spacial score (nSPS) is 11.1. The van der Waals surface area contributed by atoms with Crippen molar-refractivity contribution in [1.29, 1.82) is 0 Å². The molecule has 0 unspecified atom stereocenters. The zero-order valence-corrected chi connectivity index (χ0v) is 9.46. The third kappa shape index (κ3) is 2.33. The van der Waals surface area contributed by atoms with Crippen molar-refractivity contribution in [2.75, 3.05) is 20.5 Å². The van der Waals surface area contributed by atoms with Crippen LogP contribution in [0.3, 0.4) is 0 Å². The first kappa shape index (κ1) is 11.6. The van der Waals surface area contributed by atoms with Gasteiger partial charge in [0.25, 0.3) is 0 Å². The summed E-state index contributed by atoms with van der Waals surface area (Å²) in [7, 11) is -0.798. The lowest BCUT2D eigenvalue weighted by molar-refractivity contribution is 0.371. The van der Waals surface area contributed by atoms with E-state index in [9.17, 15) is 13.5 Å². The molecule has 0 saturated heterocycles. The first-order valence-electron chi connectivity index (χ1n) is 4.05. The molecule has 0 amide bonds. The topological polar surface area (TPSA) is 72.8 Å². The van der Waals surface area contributed by atoms with Crippen molar-refractivity contribution in [2.24, 2.45) is 0 Å². The molecule has 0 aliphatic carbocycles. The van der Waals surface area contributed by atoms with Gasteiger partial charge in [0, 0.05) is 18.4 Å². The molecule has 84 valence electrons. The Balaban J connectivity index is 3.52. The lowest BCUT2D eigenvalue weighted by Gasteiger charge is -2.10. The summed E-state index contributed by atoms with van der Waals surface area (Å²) in [6, 6.07) is 2.62. The maximum atomic E-state index is 11.4. The number of sulfone groups is 1. The highest BCUT2D eigenvalue weighted by molar-refractivity contribution is 7.91. The standard InChI is InChI=1S/C9H12O5S/c1-13-6-4-7(10)9(15(3,11)12)8(5-6)14-2/h4-5,10H,1-3H3. The number of ether oxygens (including phenoxy) is 2. The molecule has 6 heteroatoms. The average molecular weight is 232 g/mol. The van der Waals surface area contributed by atoms with Gasteiger partial charge in [-0.25, -0.2) is 8.42 Å². The van der Waals surface area contributed by atoms with E-state index in [0.717, 1.165) is 6.26 Å². The van der Waals surface area contributed by atoms with E-state index < -0.39 is 9.84 Å². The smallest absolute Gasteiger partial charge is 0.182 e. The van der Waals surface area contributed by atoms with Gasteiger partial charge in [0.05, 0.1) is 14.2 Å². The molecule has 0 bridgehead atoms. The maximum Gasteiger partial charge on any atom is 0.182 e. The molecule has 1 aromatic rings. The van der Waals surface area contributed by atoms with Gasteiger partial charge in [0.2, 0.25) is 0 Å². The molecule has 0 aromatic heterocycles. The molecule has 0 fully saturated rings. The Bertz CT molecular complexity index is 464. The molecule has 0 heterocycles. The van der Waals surface area contributed by atoms with Crippen molar-refractivity contribution in [2.45, 2.75) is 4.90 Å². The Morgan fingerprint density at radius 3 is 2.20 bits per heavy atom. The zero-order valence-electron chi connectivity index (χ0n) is 8.64. The number of aromatic hydroxyl groups is 1. The minimum atomic E-state index is -3.53. The third-order valence-corrected chi connectivity index (χ3v) is 2.99. The van der Waals surface area contributed by atoms with E-state index in [-0.39, 0.29) is 16.4 Å².